The van der Waals surface area contributed by atoms with Gasteiger partial charge in [-0.25, -0.2) is 0 Å². The van der Waals surface area contributed by atoms with Crippen molar-refractivity contribution in [1.82, 2.24) is 0 Å². The van der Waals surface area contributed by atoms with Gasteiger partial charge in [-0.3, -0.25) is 4.79 Å². The lowest BCUT2D eigenvalue weighted by atomic mass is 9.88. The average Bonchev–Trinajstić information content (AvgIpc) is 3.03. The molecule has 0 spiro atoms. The number of halogens is 1. The highest BCUT2D eigenvalue weighted by Gasteiger charge is 2.33. The molecule has 0 saturated carbocycles. The summed E-state index contributed by atoms with van der Waals surface area (Å²) >= 11 is 4.82. The first kappa shape index (κ1) is 13.7. The third-order valence-electron chi connectivity index (χ3n) is 3.86. The van der Waals surface area contributed by atoms with Gasteiger partial charge in [0.15, 0.2) is 5.78 Å². The Morgan fingerprint density at radius 2 is 2.10 bits per heavy atom. The summed E-state index contributed by atoms with van der Waals surface area (Å²) in [5, 5.41) is 0. The van der Waals surface area contributed by atoms with E-state index in [0.717, 1.165) is 26.9 Å². The number of thiophene rings is 1. The summed E-state index contributed by atoms with van der Waals surface area (Å²) < 4.78 is 0.958. The zero-order valence-electron chi connectivity index (χ0n) is 10.7. The number of benzene rings is 1. The van der Waals surface area contributed by atoms with E-state index < -0.39 is 0 Å². The first-order valence-electron chi connectivity index (χ1n) is 6.50. The Morgan fingerprint density at radius 3 is 2.80 bits per heavy atom. The van der Waals surface area contributed by atoms with E-state index in [9.17, 15) is 9.59 Å². The van der Waals surface area contributed by atoms with Crippen LogP contribution in [0.25, 0.3) is 0 Å². The molecule has 0 aliphatic heterocycles. The second-order valence-corrected chi connectivity index (χ2v) is 7.50. The fraction of sp³-hybridized carbons (Fsp3) is 0.250. The molecule has 0 unspecified atom stereocenters. The fourth-order valence-electron chi connectivity index (χ4n) is 2.88. The highest BCUT2D eigenvalue weighted by Crippen LogP contribution is 2.40. The molecular weight excluding hydrogens is 336 g/mol. The number of carbonyl (C=O) groups is 2. The number of ketones is 1. The maximum Gasteiger partial charge on any atom is 0.173 e. The van der Waals surface area contributed by atoms with Gasteiger partial charge in [0.25, 0.3) is 0 Å². The molecule has 20 heavy (non-hydrogen) atoms. The molecule has 0 amide bonds. The third kappa shape index (κ3) is 2.50. The van der Waals surface area contributed by atoms with Crippen LogP contribution >= 0.6 is 27.3 Å². The zero-order chi connectivity index (χ0) is 14.1. The number of aldehydes is 1. The molecule has 4 heteroatoms. The van der Waals surface area contributed by atoms with Crippen LogP contribution in [-0.2, 0) is 11.2 Å². The topological polar surface area (TPSA) is 34.1 Å². The standard InChI is InChI=1S/C16H13BrO2S/c17-16-6-5-15(20-16)14(19)8-13-11(9-18)7-10-3-1-2-4-12(10)13/h1-6,9,11,13H,7-8H2/t11-,13-/m0/s1. The van der Waals surface area contributed by atoms with Crippen LogP contribution in [0.1, 0.15) is 33.1 Å². The van der Waals surface area contributed by atoms with Gasteiger partial charge in [-0.2, -0.15) is 0 Å². The second-order valence-electron chi connectivity index (χ2n) is 5.04. The van der Waals surface area contributed by atoms with Crippen LogP contribution in [0.2, 0.25) is 0 Å². The number of Topliss-reactive ketones (excluding diaryl/α,β-unsaturated/α-hetero) is 1. The van der Waals surface area contributed by atoms with E-state index >= 15 is 0 Å². The lowest BCUT2D eigenvalue weighted by molar-refractivity contribution is -0.111. The molecule has 0 radical (unpaired) electrons. The molecule has 2 aromatic rings. The van der Waals surface area contributed by atoms with Crippen LogP contribution in [-0.4, -0.2) is 12.1 Å². The van der Waals surface area contributed by atoms with E-state index in [1.165, 1.54) is 16.9 Å². The van der Waals surface area contributed by atoms with Crippen molar-refractivity contribution < 1.29 is 9.59 Å². The summed E-state index contributed by atoms with van der Waals surface area (Å²) in [7, 11) is 0. The SMILES string of the molecule is O=C[C@@H]1Cc2ccccc2[C@H]1CC(=O)c1ccc(Br)s1. The Morgan fingerprint density at radius 1 is 1.30 bits per heavy atom. The number of hydrogen-bond acceptors (Lipinski definition) is 3. The maximum atomic E-state index is 12.4. The second kappa shape index (κ2) is 5.62. The van der Waals surface area contributed by atoms with Crippen LogP contribution < -0.4 is 0 Å². The summed E-state index contributed by atoms with van der Waals surface area (Å²) in [6, 6.07) is 11.8. The number of hydrogen-bond donors (Lipinski definition) is 0. The Balaban J connectivity index is 1.85. The van der Waals surface area contributed by atoms with Gasteiger partial charge in [-0.05, 0) is 45.6 Å². The molecule has 0 fully saturated rings. The minimum Gasteiger partial charge on any atom is -0.303 e. The average molecular weight is 349 g/mol. The van der Waals surface area contributed by atoms with Gasteiger partial charge >= 0.3 is 0 Å². The summed E-state index contributed by atoms with van der Waals surface area (Å²) in [5.41, 5.74) is 2.36. The highest BCUT2D eigenvalue weighted by atomic mass is 79.9. The van der Waals surface area contributed by atoms with Gasteiger partial charge in [-0.1, -0.05) is 24.3 Å². The van der Waals surface area contributed by atoms with Crippen LogP contribution in [0, 0.1) is 5.92 Å². The molecule has 3 rings (SSSR count). The van der Waals surface area contributed by atoms with Crippen molar-refractivity contribution >= 4 is 39.3 Å². The van der Waals surface area contributed by atoms with E-state index in [-0.39, 0.29) is 17.6 Å². The first-order chi connectivity index (χ1) is 9.69. The molecule has 2 nitrogen and oxygen atoms in total. The van der Waals surface area contributed by atoms with Gasteiger partial charge in [0.05, 0.1) is 8.66 Å². The van der Waals surface area contributed by atoms with Crippen molar-refractivity contribution in [2.75, 3.05) is 0 Å². The van der Waals surface area contributed by atoms with Crippen molar-refractivity contribution in [2.24, 2.45) is 5.92 Å². The normalized spacial score (nSPS) is 20.6. The molecule has 102 valence electrons. The molecule has 1 aromatic heterocycles. The zero-order valence-corrected chi connectivity index (χ0v) is 13.1. The lowest BCUT2D eigenvalue weighted by Gasteiger charge is -2.14. The summed E-state index contributed by atoms with van der Waals surface area (Å²) in [6.07, 6.45) is 2.17. The Kier molecular flexibility index (Phi) is 3.85. The van der Waals surface area contributed by atoms with Gasteiger partial charge in [0.1, 0.15) is 6.29 Å². The maximum absolute atomic E-state index is 12.4. The van der Waals surface area contributed by atoms with E-state index in [1.54, 1.807) is 0 Å². The number of fused-ring (bicyclic) bond motifs is 1. The van der Waals surface area contributed by atoms with E-state index in [4.69, 9.17) is 0 Å². The largest absolute Gasteiger partial charge is 0.303 e. The van der Waals surface area contributed by atoms with Gasteiger partial charge < -0.3 is 4.79 Å². The summed E-state index contributed by atoms with van der Waals surface area (Å²) in [6.45, 7) is 0. The molecule has 0 saturated heterocycles. The molecule has 1 aliphatic carbocycles. The molecular formula is C16H13BrO2S. The van der Waals surface area contributed by atoms with Crippen LogP contribution in [0.15, 0.2) is 40.2 Å². The molecule has 1 heterocycles. The molecule has 0 N–H and O–H groups in total. The van der Waals surface area contributed by atoms with E-state index in [1.807, 2.05) is 30.3 Å². The highest BCUT2D eigenvalue weighted by molar-refractivity contribution is 9.11. The Bertz CT molecular complexity index is 662. The van der Waals surface area contributed by atoms with Crippen molar-refractivity contribution in [3.05, 3.63) is 56.2 Å². The van der Waals surface area contributed by atoms with E-state index in [2.05, 4.69) is 22.0 Å². The van der Waals surface area contributed by atoms with Crippen molar-refractivity contribution in [1.29, 1.82) is 0 Å². The quantitative estimate of drug-likeness (QED) is 0.611. The minimum absolute atomic E-state index is 0.0251. The third-order valence-corrected chi connectivity index (χ3v) is 5.52. The van der Waals surface area contributed by atoms with Gasteiger partial charge in [0.2, 0.25) is 0 Å². The summed E-state index contributed by atoms with van der Waals surface area (Å²) in [5.74, 6) is 0.0751. The predicted octanol–water partition coefficient (Wildman–Crippen LogP) is 4.24. The van der Waals surface area contributed by atoms with Crippen molar-refractivity contribution in [2.45, 2.75) is 18.8 Å². The number of carbonyl (C=O) groups excluding carboxylic acids is 2. The van der Waals surface area contributed by atoms with Crippen LogP contribution in [0.5, 0.6) is 0 Å². The Hall–Kier alpha value is -1.26. The Labute approximate surface area is 130 Å². The molecule has 1 aromatic carbocycles. The van der Waals surface area contributed by atoms with Crippen LogP contribution in [0.4, 0.5) is 0 Å². The first-order valence-corrected chi connectivity index (χ1v) is 8.11. The monoisotopic (exact) mass is 348 g/mol. The molecule has 1 aliphatic rings. The van der Waals surface area contributed by atoms with Crippen molar-refractivity contribution in [3.63, 3.8) is 0 Å². The predicted molar refractivity (Wildman–Crippen MR) is 83.4 cm³/mol. The van der Waals surface area contributed by atoms with Gasteiger partial charge in [0, 0.05) is 18.3 Å². The lowest BCUT2D eigenvalue weighted by Crippen LogP contribution is -2.13. The van der Waals surface area contributed by atoms with Crippen LogP contribution in [0.3, 0.4) is 0 Å². The molecule has 2 atom stereocenters. The summed E-state index contributed by atoms with van der Waals surface area (Å²) in [4.78, 5) is 24.4. The van der Waals surface area contributed by atoms with Gasteiger partial charge in [-0.15, -0.1) is 11.3 Å². The number of rotatable bonds is 4. The minimum atomic E-state index is -0.0697. The van der Waals surface area contributed by atoms with E-state index in [0.29, 0.717) is 6.42 Å². The fourth-order valence-corrected chi connectivity index (χ4v) is 4.21. The van der Waals surface area contributed by atoms with Crippen molar-refractivity contribution in [3.8, 4) is 0 Å². The molecule has 0 bridgehead atoms. The smallest absolute Gasteiger partial charge is 0.173 e.